The molecule has 0 radical (unpaired) electrons. The summed E-state index contributed by atoms with van der Waals surface area (Å²) in [5, 5.41) is 3.93. The van der Waals surface area contributed by atoms with Gasteiger partial charge in [0.05, 0.1) is 19.7 Å². The average molecular weight is 269 g/mol. The van der Waals surface area contributed by atoms with Crippen LogP contribution in [0.1, 0.15) is 39.4 Å². The molecule has 1 aromatic rings. The summed E-state index contributed by atoms with van der Waals surface area (Å²) in [6, 6.07) is 0. The van der Waals surface area contributed by atoms with Crippen LogP contribution < -0.4 is 0 Å². The van der Waals surface area contributed by atoms with Crippen LogP contribution in [0.4, 0.5) is 0 Å². The fourth-order valence-electron chi connectivity index (χ4n) is 1.66. The Morgan fingerprint density at radius 1 is 1.42 bits per heavy atom. The fourth-order valence-corrected chi connectivity index (χ4v) is 1.66. The van der Waals surface area contributed by atoms with Crippen LogP contribution in [0.15, 0.2) is 4.52 Å². The molecule has 0 saturated carbocycles. The summed E-state index contributed by atoms with van der Waals surface area (Å²) in [7, 11) is 0. The van der Waals surface area contributed by atoms with Gasteiger partial charge < -0.3 is 9.26 Å². The van der Waals surface area contributed by atoms with E-state index in [2.05, 4.69) is 24.0 Å². The first-order chi connectivity index (χ1) is 9.05. The molecule has 0 aliphatic carbocycles. The van der Waals surface area contributed by atoms with E-state index in [-0.39, 0.29) is 12.5 Å². The molecule has 108 valence electrons. The lowest BCUT2D eigenvalue weighted by atomic mass is 10.1. The van der Waals surface area contributed by atoms with Crippen molar-refractivity contribution in [2.75, 3.05) is 19.7 Å². The van der Waals surface area contributed by atoms with Crippen LogP contribution in [-0.4, -0.2) is 40.7 Å². The molecule has 0 aliphatic heterocycles. The molecule has 0 aromatic carbocycles. The number of ether oxygens (including phenoxy) is 1. The molecule has 6 nitrogen and oxygen atoms in total. The highest BCUT2D eigenvalue weighted by Crippen LogP contribution is 2.07. The second kappa shape index (κ2) is 7.89. The number of aromatic nitrogens is 2. The lowest BCUT2D eigenvalue weighted by Gasteiger charge is -2.16. The third-order valence-electron chi connectivity index (χ3n) is 2.57. The Morgan fingerprint density at radius 3 is 2.74 bits per heavy atom. The highest BCUT2D eigenvalue weighted by atomic mass is 16.5. The third kappa shape index (κ3) is 5.83. The lowest BCUT2D eigenvalue weighted by Crippen LogP contribution is -2.30. The van der Waals surface area contributed by atoms with Crippen molar-refractivity contribution >= 4 is 5.97 Å². The van der Waals surface area contributed by atoms with Gasteiger partial charge in [-0.15, -0.1) is 0 Å². The zero-order chi connectivity index (χ0) is 14.3. The van der Waals surface area contributed by atoms with Crippen LogP contribution >= 0.6 is 0 Å². The van der Waals surface area contributed by atoms with Crippen LogP contribution in [0.25, 0.3) is 0 Å². The molecule has 0 N–H and O–H groups in total. The van der Waals surface area contributed by atoms with E-state index in [0.717, 1.165) is 18.8 Å². The SMILES string of the molecule is CCOC(=O)CN(CC)Cc1nc(CC(C)C)no1. The molecule has 0 fully saturated rings. The number of nitrogens with zero attached hydrogens (tertiary/aromatic N) is 3. The van der Waals surface area contributed by atoms with Gasteiger partial charge in [0, 0.05) is 6.42 Å². The normalized spacial score (nSPS) is 11.3. The first-order valence-electron chi connectivity index (χ1n) is 6.74. The lowest BCUT2D eigenvalue weighted by molar-refractivity contribution is -0.144. The molecule has 0 spiro atoms. The third-order valence-corrected chi connectivity index (χ3v) is 2.57. The second-order valence-electron chi connectivity index (χ2n) is 4.81. The molecule has 1 rings (SSSR count). The molecule has 0 saturated heterocycles. The standard InChI is InChI=1S/C13H23N3O3/c1-5-16(9-13(17)18-6-2)8-12-14-11(15-19-12)7-10(3)4/h10H,5-9H2,1-4H3. The first-order valence-corrected chi connectivity index (χ1v) is 6.74. The monoisotopic (exact) mass is 269 g/mol. The van der Waals surface area contributed by atoms with Crippen LogP contribution in [-0.2, 0) is 22.5 Å². The second-order valence-corrected chi connectivity index (χ2v) is 4.81. The molecule has 0 amide bonds. The number of hydrogen-bond acceptors (Lipinski definition) is 6. The number of hydrogen-bond donors (Lipinski definition) is 0. The van der Waals surface area contributed by atoms with Gasteiger partial charge in [-0.1, -0.05) is 25.9 Å². The van der Waals surface area contributed by atoms with E-state index in [4.69, 9.17) is 9.26 Å². The van der Waals surface area contributed by atoms with Gasteiger partial charge in [0.25, 0.3) is 0 Å². The van der Waals surface area contributed by atoms with Crippen LogP contribution in [0, 0.1) is 5.92 Å². The molecule has 1 heterocycles. The average Bonchev–Trinajstić information content (AvgIpc) is 2.75. The largest absolute Gasteiger partial charge is 0.465 e. The van der Waals surface area contributed by atoms with Gasteiger partial charge >= 0.3 is 5.97 Å². The zero-order valence-electron chi connectivity index (χ0n) is 12.2. The fraction of sp³-hybridized carbons (Fsp3) is 0.769. The Balaban J connectivity index is 2.51. The van der Waals surface area contributed by atoms with E-state index in [1.54, 1.807) is 6.92 Å². The molecule has 0 atom stereocenters. The van der Waals surface area contributed by atoms with Gasteiger partial charge in [0.2, 0.25) is 5.89 Å². The van der Waals surface area contributed by atoms with Gasteiger partial charge in [-0.3, -0.25) is 9.69 Å². The number of carbonyl (C=O) groups excluding carboxylic acids is 1. The van der Waals surface area contributed by atoms with Crippen molar-refractivity contribution < 1.29 is 14.1 Å². The summed E-state index contributed by atoms with van der Waals surface area (Å²) in [6.07, 6.45) is 0.799. The maximum absolute atomic E-state index is 11.4. The maximum Gasteiger partial charge on any atom is 0.320 e. The summed E-state index contributed by atoms with van der Waals surface area (Å²) in [4.78, 5) is 17.7. The van der Waals surface area contributed by atoms with Crippen LogP contribution in [0.3, 0.4) is 0 Å². The molecule has 1 aromatic heterocycles. The van der Waals surface area contributed by atoms with Crippen molar-refractivity contribution in [1.82, 2.24) is 15.0 Å². The van der Waals surface area contributed by atoms with E-state index in [0.29, 0.717) is 25.0 Å². The predicted octanol–water partition coefficient (Wildman–Crippen LogP) is 1.65. The van der Waals surface area contributed by atoms with E-state index in [1.807, 2.05) is 11.8 Å². The van der Waals surface area contributed by atoms with E-state index in [9.17, 15) is 4.79 Å². The minimum Gasteiger partial charge on any atom is -0.465 e. The van der Waals surface area contributed by atoms with E-state index >= 15 is 0 Å². The van der Waals surface area contributed by atoms with Crippen LogP contribution in [0.2, 0.25) is 0 Å². The highest BCUT2D eigenvalue weighted by molar-refractivity contribution is 5.71. The Kier molecular flexibility index (Phi) is 6.49. The summed E-state index contributed by atoms with van der Waals surface area (Å²) in [5.74, 6) is 1.53. The van der Waals surface area contributed by atoms with Gasteiger partial charge in [0.1, 0.15) is 0 Å². The highest BCUT2D eigenvalue weighted by Gasteiger charge is 2.14. The Bertz CT molecular complexity index is 390. The van der Waals surface area contributed by atoms with Crippen LogP contribution in [0.5, 0.6) is 0 Å². The van der Waals surface area contributed by atoms with E-state index in [1.165, 1.54) is 0 Å². The topological polar surface area (TPSA) is 68.5 Å². The van der Waals surface area contributed by atoms with Crippen molar-refractivity contribution in [3.63, 3.8) is 0 Å². The minimum absolute atomic E-state index is 0.230. The number of esters is 1. The quantitative estimate of drug-likeness (QED) is 0.668. The van der Waals surface area contributed by atoms with Gasteiger partial charge in [0.15, 0.2) is 5.82 Å². The van der Waals surface area contributed by atoms with Crippen molar-refractivity contribution in [3.05, 3.63) is 11.7 Å². The van der Waals surface area contributed by atoms with Crippen molar-refractivity contribution in [2.24, 2.45) is 5.92 Å². The molecular formula is C13H23N3O3. The van der Waals surface area contributed by atoms with Crippen molar-refractivity contribution in [1.29, 1.82) is 0 Å². The number of likely N-dealkylation sites (N-methyl/N-ethyl adjacent to an activating group) is 1. The predicted molar refractivity (Wildman–Crippen MR) is 70.4 cm³/mol. The summed E-state index contributed by atoms with van der Waals surface area (Å²) in [6.45, 7) is 9.82. The Labute approximate surface area is 114 Å². The molecular weight excluding hydrogens is 246 g/mol. The number of carbonyl (C=O) groups is 1. The van der Waals surface area contributed by atoms with Gasteiger partial charge in [-0.25, -0.2) is 0 Å². The van der Waals surface area contributed by atoms with E-state index < -0.39 is 0 Å². The Hall–Kier alpha value is -1.43. The van der Waals surface area contributed by atoms with Crippen molar-refractivity contribution in [3.8, 4) is 0 Å². The smallest absolute Gasteiger partial charge is 0.320 e. The summed E-state index contributed by atoms with van der Waals surface area (Å²) in [5.41, 5.74) is 0. The number of rotatable bonds is 8. The molecule has 19 heavy (non-hydrogen) atoms. The molecule has 0 unspecified atom stereocenters. The van der Waals surface area contributed by atoms with Crippen molar-refractivity contribution in [2.45, 2.75) is 40.7 Å². The molecule has 6 heteroatoms. The Morgan fingerprint density at radius 2 is 2.16 bits per heavy atom. The minimum atomic E-state index is -0.230. The first kappa shape index (κ1) is 15.6. The molecule has 0 aliphatic rings. The summed E-state index contributed by atoms with van der Waals surface area (Å²) >= 11 is 0. The summed E-state index contributed by atoms with van der Waals surface area (Å²) < 4.78 is 10.1. The van der Waals surface area contributed by atoms with Gasteiger partial charge in [-0.05, 0) is 19.4 Å². The molecule has 0 bridgehead atoms. The van der Waals surface area contributed by atoms with Gasteiger partial charge in [-0.2, -0.15) is 4.98 Å². The maximum atomic E-state index is 11.4. The zero-order valence-corrected chi connectivity index (χ0v) is 12.2.